The first-order valence-electron chi connectivity index (χ1n) is 45.4. The minimum Gasteiger partial charge on any atom is -0.455 e. The van der Waals surface area contributed by atoms with Crippen LogP contribution in [0.2, 0.25) is 0 Å². The summed E-state index contributed by atoms with van der Waals surface area (Å²) in [5.74, 6) is 1.77. The zero-order chi connectivity index (χ0) is 92.4. The fourth-order valence-corrected chi connectivity index (χ4v) is 20.8. The van der Waals surface area contributed by atoms with Gasteiger partial charge in [0.2, 0.25) is 17.4 Å². The van der Waals surface area contributed by atoms with E-state index < -0.39 is 17.4 Å². The van der Waals surface area contributed by atoms with Crippen molar-refractivity contribution < 1.29 is 32.8 Å². The van der Waals surface area contributed by atoms with Crippen LogP contribution in [0.15, 0.2) is 374 Å². The average Bonchev–Trinajstić information content (AvgIpc) is 1.55. The molecule has 3 aliphatic heterocycles. The van der Waals surface area contributed by atoms with Crippen LogP contribution in [-0.2, 0) is 0 Å². The molecule has 27 rings (SSSR count). The third-order valence-corrected chi connectivity index (χ3v) is 26.5. The Morgan fingerprint density at radius 2 is 0.460 bits per heavy atom. The number of nitrogens with zero attached hydrogens (tertiary/aromatic N) is 9. The molecular weight excluding hydrogens is 1690 g/mol. The molecule has 0 bridgehead atoms. The second-order valence-electron chi connectivity index (χ2n) is 36.2. The molecule has 24 aromatic rings. The largest absolute Gasteiger partial charge is 0.455 e. The van der Waals surface area contributed by atoms with Crippen LogP contribution < -0.4 is 28.4 Å². The predicted octanol–water partition coefficient (Wildman–Crippen LogP) is 32.8. The van der Waals surface area contributed by atoms with Crippen LogP contribution in [0.3, 0.4) is 0 Å². The van der Waals surface area contributed by atoms with Crippen LogP contribution in [0, 0.1) is 26.3 Å². The van der Waals surface area contributed by atoms with Crippen molar-refractivity contribution in [3.63, 3.8) is 0 Å². The van der Waals surface area contributed by atoms with Gasteiger partial charge in [0.15, 0.2) is 22.7 Å². The van der Waals surface area contributed by atoms with E-state index in [1.54, 1.807) is 0 Å². The lowest BCUT2D eigenvalue weighted by Crippen LogP contribution is -2.34. The van der Waals surface area contributed by atoms with Crippen LogP contribution in [0.25, 0.3) is 223 Å². The van der Waals surface area contributed by atoms with Gasteiger partial charge < -0.3 is 55.7 Å². The molecule has 16 heteroatoms. The number of hydrogen-bond acceptors (Lipinski definition) is 7. The van der Waals surface area contributed by atoms with Gasteiger partial charge in [-0.2, -0.15) is 0 Å². The van der Waals surface area contributed by atoms with Gasteiger partial charge in [-0.1, -0.05) is 176 Å². The molecule has 0 aliphatic carbocycles. The molecule has 16 nitrogen and oxygen atoms in total. The van der Waals surface area contributed by atoms with Crippen molar-refractivity contribution in [3.8, 4) is 107 Å². The fourth-order valence-electron chi connectivity index (χ4n) is 20.8. The van der Waals surface area contributed by atoms with Crippen molar-refractivity contribution >= 4 is 154 Å². The van der Waals surface area contributed by atoms with E-state index in [1.165, 1.54) is 10.8 Å². The van der Waals surface area contributed by atoms with Crippen molar-refractivity contribution in [1.82, 2.24) is 22.8 Å². The Kier molecular flexibility index (Phi) is 18.1. The molecule has 0 spiro atoms. The number of para-hydroxylation sites is 8. The second-order valence-corrected chi connectivity index (χ2v) is 36.2. The van der Waals surface area contributed by atoms with Crippen molar-refractivity contribution in [3.05, 3.63) is 416 Å². The summed E-state index contributed by atoms with van der Waals surface area (Å²) in [6.45, 7) is 41.8. The minimum atomic E-state index is -0.922. The smallest absolute Gasteiger partial charge is 0.245 e. The third-order valence-electron chi connectivity index (χ3n) is 26.5. The molecule has 650 valence electrons. The van der Waals surface area contributed by atoms with E-state index in [4.69, 9.17) is 59.1 Å². The van der Waals surface area contributed by atoms with Crippen LogP contribution in [0.4, 0.5) is 22.7 Å². The standard InChI is InChI=1S/C41H26N4O2.C40H27N3O2.C40H26N2O3/c1-41(2)46-39-20-16-27(44-35-11-7-5-9-29(35)32-21-25(42-3)13-18-37(32)44)23-34(39)31-17-15-28(24-40(31)47-41)45-36-12-8-6-10-30(36)33-22-26(43-4)14-19-38(33)45;1-40(2)44-38-21-18-26(42-34-13-7-4-10-28(34)29-11-5-8-14-35(29)42)23-33(38)31-19-17-27(24-39(31)45-40)43-36-15-9-6-12-30(36)32-22-25(41-3)16-20-37(32)43;1-40(2)44-37-20-15-24(27-11-8-12-31-29-10-5-7-14-36(29)43-39(27)31)21-33(37)30-18-17-26(23-38(30)45-40)42-34-13-6-4-9-28(34)32-22-25(41-3)16-19-35(32)42/h5-24H,1-2H3;4-24H,1-2H3;4-23H,1-2H3. The number of rotatable bonds is 6. The summed E-state index contributed by atoms with van der Waals surface area (Å²) in [5, 5.41) is 13.3. The lowest BCUT2D eigenvalue weighted by molar-refractivity contribution is -0.0784. The number of furan rings is 1. The van der Waals surface area contributed by atoms with E-state index >= 15 is 0 Å². The SMILES string of the molecule is [C-]#[N+]c1ccc2c(c1)c1ccccc1n2-c1ccc2c(c1)OC(C)(C)Oc1ccc(-c3cccc4c3oc3ccccc34)cc1-2.[C-]#[N+]c1ccc2c(c1)c1ccccc1n2-c1ccc2c(c1)OC(C)(C)Oc1ccc(-n3c4ccccc4c4cc([N+]#[C-])ccc43)cc1-2.[C-]#[N+]c1ccc2c(c1)c1ccccc1n2-c1ccc2c(c1)OC(C)(C)Oc1ccc(-n3c4ccccc4c4ccccc43)cc1-2. The van der Waals surface area contributed by atoms with Gasteiger partial charge in [0.1, 0.15) is 45.7 Å². The molecule has 0 atom stereocenters. The molecule has 0 radical (unpaired) electrons. The molecular formula is C121H79N9O7. The van der Waals surface area contributed by atoms with Crippen molar-refractivity contribution in [2.75, 3.05) is 0 Å². The number of hydrogen-bond donors (Lipinski definition) is 0. The van der Waals surface area contributed by atoms with E-state index in [9.17, 15) is 0 Å². The Morgan fingerprint density at radius 1 is 0.197 bits per heavy atom. The van der Waals surface area contributed by atoms with Crippen molar-refractivity contribution in [2.24, 2.45) is 0 Å². The van der Waals surface area contributed by atoms with E-state index in [-0.39, 0.29) is 0 Å². The van der Waals surface area contributed by atoms with Crippen molar-refractivity contribution in [1.29, 1.82) is 0 Å². The highest BCUT2D eigenvalue weighted by Crippen LogP contribution is 2.53. The molecule has 9 heterocycles. The average molecular weight is 1770 g/mol. The summed E-state index contributed by atoms with van der Waals surface area (Å²) in [6, 6.07) is 126. The number of ether oxygens (including phenoxy) is 6. The minimum absolute atomic E-state index is 0.618. The van der Waals surface area contributed by atoms with Gasteiger partial charge in [0.05, 0.1) is 81.5 Å². The van der Waals surface area contributed by atoms with Gasteiger partial charge in [-0.15, -0.1) is 0 Å². The maximum absolute atomic E-state index is 7.56. The Hall–Kier alpha value is -18.5. The van der Waals surface area contributed by atoms with Gasteiger partial charge >= 0.3 is 0 Å². The predicted molar refractivity (Wildman–Crippen MR) is 551 cm³/mol. The maximum atomic E-state index is 7.56. The number of fused-ring (bicyclic) bond motifs is 27. The third kappa shape index (κ3) is 13.2. The number of benzene rings is 18. The quantitative estimate of drug-likeness (QED) is 0.153. The van der Waals surface area contributed by atoms with Gasteiger partial charge in [0.25, 0.3) is 0 Å². The van der Waals surface area contributed by atoms with E-state index in [1.807, 2.05) is 187 Å². The van der Waals surface area contributed by atoms with Gasteiger partial charge in [-0.05, 0) is 203 Å². The van der Waals surface area contributed by atoms with E-state index in [0.717, 1.165) is 228 Å². The molecule has 6 aromatic heterocycles. The molecule has 0 fully saturated rings. The highest BCUT2D eigenvalue weighted by Gasteiger charge is 2.36. The molecule has 18 aromatic carbocycles. The lowest BCUT2D eigenvalue weighted by Gasteiger charge is -2.26. The Balaban J connectivity index is 0.000000109. The summed E-state index contributed by atoms with van der Waals surface area (Å²) >= 11 is 0. The Morgan fingerprint density at radius 3 is 0.796 bits per heavy atom. The highest BCUT2D eigenvalue weighted by atomic mass is 16.7. The normalized spacial score (nSPS) is 13.5. The van der Waals surface area contributed by atoms with Gasteiger partial charge in [-0.3, -0.25) is 0 Å². The van der Waals surface area contributed by atoms with Crippen LogP contribution in [-0.4, -0.2) is 40.2 Å². The summed E-state index contributed by atoms with van der Waals surface area (Å²) in [5.41, 5.74) is 27.7. The van der Waals surface area contributed by atoms with Gasteiger partial charge in [-0.25, -0.2) is 19.4 Å². The summed E-state index contributed by atoms with van der Waals surface area (Å²) in [4.78, 5) is 14.7. The monoisotopic (exact) mass is 1770 g/mol. The molecule has 0 unspecified atom stereocenters. The summed E-state index contributed by atoms with van der Waals surface area (Å²) < 4.78 is 57.0. The second kappa shape index (κ2) is 30.8. The fraction of sp³-hybridized carbons (Fsp3) is 0.0744. The molecule has 3 aliphatic rings. The first-order valence-corrected chi connectivity index (χ1v) is 45.4. The zero-order valence-corrected chi connectivity index (χ0v) is 75.1. The molecule has 0 saturated carbocycles. The Bertz CT molecular complexity index is 9450. The highest BCUT2D eigenvalue weighted by molar-refractivity contribution is 6.16. The molecule has 0 saturated heterocycles. The van der Waals surface area contributed by atoms with E-state index in [2.05, 4.69) is 267 Å². The topological polar surface area (TPSA) is 111 Å². The molecule has 0 N–H and O–H groups in total. The van der Waals surface area contributed by atoms with E-state index in [0.29, 0.717) is 22.7 Å². The van der Waals surface area contributed by atoms with Gasteiger partial charge in [0, 0.05) is 170 Å². The maximum Gasteiger partial charge on any atom is 0.245 e. The zero-order valence-electron chi connectivity index (χ0n) is 75.1. The molecule has 0 amide bonds. The van der Waals surface area contributed by atoms with Crippen LogP contribution >= 0.6 is 0 Å². The van der Waals surface area contributed by atoms with Crippen LogP contribution in [0.5, 0.6) is 34.5 Å². The Labute approximate surface area is 786 Å². The first-order chi connectivity index (χ1) is 66.9. The summed E-state index contributed by atoms with van der Waals surface area (Å²) in [6.07, 6.45) is 0. The van der Waals surface area contributed by atoms with Crippen molar-refractivity contribution in [2.45, 2.75) is 58.9 Å². The summed E-state index contributed by atoms with van der Waals surface area (Å²) in [7, 11) is 0. The first kappa shape index (κ1) is 80.6. The van der Waals surface area contributed by atoms with Crippen LogP contribution in [0.1, 0.15) is 41.5 Å². The molecule has 137 heavy (non-hydrogen) atoms. The number of aromatic nitrogens is 5. The lowest BCUT2D eigenvalue weighted by atomic mass is 9.96.